The molecule has 106 valence electrons. The van der Waals surface area contributed by atoms with Crippen molar-refractivity contribution in [3.05, 3.63) is 40.3 Å². The molecule has 0 aliphatic carbocycles. The van der Waals surface area contributed by atoms with Gasteiger partial charge >= 0.3 is 0 Å². The van der Waals surface area contributed by atoms with Gasteiger partial charge in [0, 0.05) is 43.8 Å². The predicted octanol–water partition coefficient (Wildman–Crippen LogP) is 1.82. The maximum atomic E-state index is 12.3. The average molecular weight is 290 g/mol. The SMILES string of the molecule is O=C(c1ccn[nH]1)N1CCCN(Cc2cccs2)CC1. The molecule has 0 saturated carbocycles. The second-order valence-electron chi connectivity index (χ2n) is 4.97. The van der Waals surface area contributed by atoms with Crippen molar-refractivity contribution < 1.29 is 4.79 Å². The third kappa shape index (κ3) is 3.08. The van der Waals surface area contributed by atoms with E-state index in [1.165, 1.54) is 4.88 Å². The summed E-state index contributed by atoms with van der Waals surface area (Å²) in [5.74, 6) is 0.0560. The molecule has 1 N–H and O–H groups in total. The summed E-state index contributed by atoms with van der Waals surface area (Å²) in [6.45, 7) is 4.56. The van der Waals surface area contributed by atoms with Gasteiger partial charge in [0.1, 0.15) is 5.69 Å². The maximum absolute atomic E-state index is 12.3. The number of hydrogen-bond donors (Lipinski definition) is 1. The Morgan fingerprint density at radius 1 is 1.30 bits per heavy atom. The molecule has 0 radical (unpaired) electrons. The zero-order valence-corrected chi connectivity index (χ0v) is 12.1. The van der Waals surface area contributed by atoms with Crippen molar-refractivity contribution in [2.24, 2.45) is 0 Å². The molecule has 6 heteroatoms. The summed E-state index contributed by atoms with van der Waals surface area (Å²) in [5, 5.41) is 8.71. The van der Waals surface area contributed by atoms with Crippen LogP contribution in [-0.2, 0) is 6.54 Å². The normalized spacial score (nSPS) is 17.1. The molecule has 0 spiro atoms. The number of H-pyrrole nitrogens is 1. The molecule has 1 fully saturated rings. The lowest BCUT2D eigenvalue weighted by molar-refractivity contribution is 0.0755. The second-order valence-corrected chi connectivity index (χ2v) is 6.00. The summed E-state index contributed by atoms with van der Waals surface area (Å²) in [6, 6.07) is 5.99. The van der Waals surface area contributed by atoms with Crippen LogP contribution < -0.4 is 0 Å². The van der Waals surface area contributed by atoms with Crippen molar-refractivity contribution in [1.82, 2.24) is 20.0 Å². The number of thiophene rings is 1. The Balaban J connectivity index is 1.58. The van der Waals surface area contributed by atoms with Gasteiger partial charge in [0.05, 0.1) is 0 Å². The molecule has 0 atom stereocenters. The van der Waals surface area contributed by atoms with E-state index < -0.39 is 0 Å². The first-order chi connectivity index (χ1) is 9.83. The minimum atomic E-state index is 0.0560. The van der Waals surface area contributed by atoms with Gasteiger partial charge in [-0.2, -0.15) is 5.10 Å². The highest BCUT2D eigenvalue weighted by Crippen LogP contribution is 2.14. The van der Waals surface area contributed by atoms with Gasteiger partial charge in [0.2, 0.25) is 0 Å². The zero-order valence-electron chi connectivity index (χ0n) is 11.3. The highest BCUT2D eigenvalue weighted by atomic mass is 32.1. The van der Waals surface area contributed by atoms with E-state index in [1.54, 1.807) is 23.6 Å². The van der Waals surface area contributed by atoms with Crippen LogP contribution in [0.15, 0.2) is 29.8 Å². The van der Waals surface area contributed by atoms with Crippen LogP contribution in [-0.4, -0.2) is 52.1 Å². The lowest BCUT2D eigenvalue weighted by Crippen LogP contribution is -2.35. The van der Waals surface area contributed by atoms with Crippen LogP contribution in [0, 0.1) is 0 Å². The molecular weight excluding hydrogens is 272 g/mol. The fourth-order valence-electron chi connectivity index (χ4n) is 2.50. The molecule has 1 amide bonds. The van der Waals surface area contributed by atoms with E-state index in [0.29, 0.717) is 5.69 Å². The number of nitrogens with zero attached hydrogens (tertiary/aromatic N) is 3. The minimum Gasteiger partial charge on any atom is -0.336 e. The monoisotopic (exact) mass is 290 g/mol. The first kappa shape index (κ1) is 13.3. The molecule has 1 aliphatic heterocycles. The van der Waals surface area contributed by atoms with E-state index >= 15 is 0 Å². The van der Waals surface area contributed by atoms with Crippen LogP contribution in [0.1, 0.15) is 21.8 Å². The van der Waals surface area contributed by atoms with Crippen molar-refractivity contribution >= 4 is 17.2 Å². The average Bonchev–Trinajstić information content (AvgIpc) is 3.10. The summed E-state index contributed by atoms with van der Waals surface area (Å²) < 4.78 is 0. The van der Waals surface area contributed by atoms with Crippen LogP contribution in [0.5, 0.6) is 0 Å². The fourth-order valence-corrected chi connectivity index (χ4v) is 3.25. The first-order valence-electron chi connectivity index (χ1n) is 6.86. The van der Waals surface area contributed by atoms with E-state index in [9.17, 15) is 4.79 Å². The molecule has 5 nitrogen and oxygen atoms in total. The van der Waals surface area contributed by atoms with Crippen molar-refractivity contribution in [2.75, 3.05) is 26.2 Å². The van der Waals surface area contributed by atoms with Crippen molar-refractivity contribution in [1.29, 1.82) is 0 Å². The van der Waals surface area contributed by atoms with E-state index in [2.05, 4.69) is 32.6 Å². The Morgan fingerprint density at radius 3 is 3.00 bits per heavy atom. The number of carbonyl (C=O) groups excluding carboxylic acids is 1. The minimum absolute atomic E-state index is 0.0560. The van der Waals surface area contributed by atoms with Gasteiger partial charge in [-0.3, -0.25) is 14.8 Å². The summed E-state index contributed by atoms with van der Waals surface area (Å²) in [5.41, 5.74) is 0.580. The topological polar surface area (TPSA) is 52.2 Å². The number of amides is 1. The molecule has 2 aromatic rings. The van der Waals surface area contributed by atoms with Gasteiger partial charge in [-0.1, -0.05) is 6.07 Å². The number of hydrogen-bond acceptors (Lipinski definition) is 4. The summed E-state index contributed by atoms with van der Waals surface area (Å²) >= 11 is 1.79. The van der Waals surface area contributed by atoms with Gasteiger partial charge < -0.3 is 4.90 Å². The van der Waals surface area contributed by atoms with Crippen LogP contribution in [0.3, 0.4) is 0 Å². The smallest absolute Gasteiger partial charge is 0.271 e. The molecule has 0 bridgehead atoms. The van der Waals surface area contributed by atoms with Gasteiger partial charge in [-0.05, 0) is 23.9 Å². The quantitative estimate of drug-likeness (QED) is 0.938. The molecule has 3 rings (SSSR count). The van der Waals surface area contributed by atoms with Gasteiger partial charge in [0.15, 0.2) is 0 Å². The second kappa shape index (κ2) is 6.19. The van der Waals surface area contributed by atoms with Crippen molar-refractivity contribution in [3.63, 3.8) is 0 Å². The van der Waals surface area contributed by atoms with Gasteiger partial charge in [-0.15, -0.1) is 11.3 Å². The molecule has 2 aromatic heterocycles. The standard InChI is InChI=1S/C14H18N4OS/c19-14(13-4-5-15-16-13)18-7-2-6-17(8-9-18)11-12-3-1-10-20-12/h1,3-5,10H,2,6-9,11H2,(H,15,16). The fraction of sp³-hybridized carbons (Fsp3) is 0.429. The lowest BCUT2D eigenvalue weighted by Gasteiger charge is -2.21. The summed E-state index contributed by atoms with van der Waals surface area (Å²) in [6.07, 6.45) is 2.64. The Bertz CT molecular complexity index is 538. The van der Waals surface area contributed by atoms with Crippen LogP contribution >= 0.6 is 11.3 Å². The van der Waals surface area contributed by atoms with Crippen molar-refractivity contribution in [2.45, 2.75) is 13.0 Å². The predicted molar refractivity (Wildman–Crippen MR) is 78.7 cm³/mol. The largest absolute Gasteiger partial charge is 0.336 e. The zero-order chi connectivity index (χ0) is 13.8. The van der Waals surface area contributed by atoms with E-state index in [1.807, 2.05) is 4.90 Å². The summed E-state index contributed by atoms with van der Waals surface area (Å²) in [7, 11) is 0. The van der Waals surface area contributed by atoms with E-state index in [-0.39, 0.29) is 5.91 Å². The number of nitrogens with one attached hydrogen (secondary N) is 1. The molecule has 20 heavy (non-hydrogen) atoms. The van der Waals surface area contributed by atoms with E-state index in [0.717, 1.165) is 39.1 Å². The molecule has 1 saturated heterocycles. The Kier molecular flexibility index (Phi) is 4.13. The van der Waals surface area contributed by atoms with Crippen molar-refractivity contribution in [3.8, 4) is 0 Å². The van der Waals surface area contributed by atoms with Crippen LogP contribution in [0.25, 0.3) is 0 Å². The molecule has 3 heterocycles. The molecule has 0 aromatic carbocycles. The third-order valence-electron chi connectivity index (χ3n) is 3.57. The van der Waals surface area contributed by atoms with Crippen LogP contribution in [0.2, 0.25) is 0 Å². The number of aromatic nitrogens is 2. The molecule has 1 aliphatic rings. The Labute approximate surface area is 122 Å². The maximum Gasteiger partial charge on any atom is 0.271 e. The number of aromatic amines is 1. The van der Waals surface area contributed by atoms with Gasteiger partial charge in [-0.25, -0.2) is 0 Å². The van der Waals surface area contributed by atoms with Crippen LogP contribution in [0.4, 0.5) is 0 Å². The Morgan fingerprint density at radius 2 is 2.25 bits per heavy atom. The highest BCUT2D eigenvalue weighted by Gasteiger charge is 2.21. The summed E-state index contributed by atoms with van der Waals surface area (Å²) in [4.78, 5) is 18.0. The van der Waals surface area contributed by atoms with Gasteiger partial charge in [0.25, 0.3) is 5.91 Å². The highest BCUT2D eigenvalue weighted by molar-refractivity contribution is 7.09. The Hall–Kier alpha value is -1.66. The number of rotatable bonds is 3. The first-order valence-corrected chi connectivity index (χ1v) is 7.74. The lowest BCUT2D eigenvalue weighted by atomic mass is 10.3. The number of carbonyl (C=O) groups is 1. The molecule has 0 unspecified atom stereocenters. The van der Waals surface area contributed by atoms with E-state index in [4.69, 9.17) is 0 Å². The molecular formula is C14H18N4OS. The third-order valence-corrected chi connectivity index (χ3v) is 4.43.